The Morgan fingerprint density at radius 2 is 0.977 bits per heavy atom. The van der Waals surface area contributed by atoms with Crippen LogP contribution in [0.25, 0.3) is 0 Å². The van der Waals surface area contributed by atoms with Gasteiger partial charge in [-0.25, -0.2) is 0 Å². The van der Waals surface area contributed by atoms with Gasteiger partial charge in [0, 0.05) is 24.5 Å². The van der Waals surface area contributed by atoms with Gasteiger partial charge in [-0.3, -0.25) is 9.89 Å². The number of nitrogens with one attached hydrogen (secondary N) is 1. The number of rotatable bonds is 32. The second-order valence-electron chi connectivity index (χ2n) is 15.2. The molecule has 0 spiro atoms. The van der Waals surface area contributed by atoms with E-state index >= 15 is 0 Å². The number of hydrogen-bond donors (Lipinski definition) is 1. The lowest BCUT2D eigenvalue weighted by Gasteiger charge is -2.47. The van der Waals surface area contributed by atoms with Crippen LogP contribution in [0.4, 0.5) is 0 Å². The molecular weight excluding hydrogens is 534 g/mol. The van der Waals surface area contributed by atoms with Crippen LogP contribution in [0, 0.1) is 11.8 Å². The highest BCUT2D eigenvalue weighted by Crippen LogP contribution is 2.35. The molecule has 2 atom stereocenters. The largest absolute Gasteiger partial charge is 0.374 e. The van der Waals surface area contributed by atoms with E-state index in [-0.39, 0.29) is 5.54 Å². The zero-order valence-corrected chi connectivity index (χ0v) is 31.5. The molecule has 0 saturated carbocycles. The molecule has 1 N–H and O–H groups in total. The van der Waals surface area contributed by atoms with E-state index in [1.165, 1.54) is 192 Å². The van der Waals surface area contributed by atoms with Gasteiger partial charge < -0.3 is 5.32 Å². The molecule has 0 radical (unpaired) electrons. The van der Waals surface area contributed by atoms with Crippen molar-refractivity contribution < 1.29 is 0 Å². The lowest BCUT2D eigenvalue weighted by atomic mass is 9.74. The first-order chi connectivity index (χ1) is 21.5. The molecule has 0 fully saturated rings. The molecule has 2 unspecified atom stereocenters. The van der Waals surface area contributed by atoms with E-state index < -0.39 is 0 Å². The van der Waals surface area contributed by atoms with Crippen LogP contribution in [-0.2, 0) is 0 Å². The van der Waals surface area contributed by atoms with E-state index in [2.05, 4.69) is 51.8 Å². The lowest BCUT2D eigenvalue weighted by molar-refractivity contribution is 0.0481. The maximum atomic E-state index is 5.10. The van der Waals surface area contributed by atoms with Crippen molar-refractivity contribution in [2.24, 2.45) is 16.8 Å². The van der Waals surface area contributed by atoms with Gasteiger partial charge in [-0.2, -0.15) is 0 Å². The zero-order valence-electron chi connectivity index (χ0n) is 31.5. The van der Waals surface area contributed by atoms with Crippen molar-refractivity contribution in [3.63, 3.8) is 0 Å². The average molecular weight is 618 g/mol. The second-order valence-corrected chi connectivity index (χ2v) is 15.2. The van der Waals surface area contributed by atoms with Crippen LogP contribution in [0.3, 0.4) is 0 Å². The molecule has 0 saturated heterocycles. The fraction of sp³-hybridized carbons (Fsp3) is 0.976. The summed E-state index contributed by atoms with van der Waals surface area (Å²) in [5.41, 5.74) is 0.188. The molecule has 3 heteroatoms. The Morgan fingerprint density at radius 1 is 0.591 bits per heavy atom. The molecule has 1 aliphatic heterocycles. The molecule has 0 bridgehead atoms. The predicted octanol–water partition coefficient (Wildman–Crippen LogP) is 12.9. The van der Waals surface area contributed by atoms with Crippen molar-refractivity contribution in [3.8, 4) is 0 Å². The standard InChI is InChI=1S/C41H83N3/c1-7-10-13-16-19-22-23-26-29-33-39(40-42-34-32-35-43-40)38(4)41(5,6)44(36-30-27-24-20-17-14-11-8-2)37-31-28-25-21-18-15-12-9-3/h38-39H,7-37H2,1-6H3,(H,42,43). The molecule has 0 aliphatic carbocycles. The third-order valence-electron chi connectivity index (χ3n) is 11.0. The van der Waals surface area contributed by atoms with Crippen molar-refractivity contribution in [1.82, 2.24) is 10.2 Å². The van der Waals surface area contributed by atoms with Crippen LogP contribution in [0.15, 0.2) is 4.99 Å². The Bertz CT molecular complexity index is 622. The molecule has 44 heavy (non-hydrogen) atoms. The molecular formula is C41H83N3. The van der Waals surface area contributed by atoms with Crippen molar-refractivity contribution in [2.75, 3.05) is 26.2 Å². The second kappa shape index (κ2) is 28.6. The fourth-order valence-corrected chi connectivity index (χ4v) is 7.44. The zero-order chi connectivity index (χ0) is 32.1. The smallest absolute Gasteiger partial charge is 0.0997 e. The van der Waals surface area contributed by atoms with Crippen molar-refractivity contribution in [3.05, 3.63) is 0 Å². The molecule has 1 rings (SSSR count). The molecule has 262 valence electrons. The van der Waals surface area contributed by atoms with Crippen LogP contribution in [0.1, 0.15) is 215 Å². The normalized spacial score (nSPS) is 15.4. The molecule has 0 aromatic heterocycles. The summed E-state index contributed by atoms with van der Waals surface area (Å²) in [6.07, 6.45) is 37.7. The lowest BCUT2D eigenvalue weighted by Crippen LogP contribution is -2.54. The van der Waals surface area contributed by atoms with Gasteiger partial charge >= 0.3 is 0 Å². The Morgan fingerprint density at radius 3 is 1.36 bits per heavy atom. The van der Waals surface area contributed by atoms with Crippen molar-refractivity contribution >= 4 is 5.84 Å². The molecule has 0 amide bonds. The minimum Gasteiger partial charge on any atom is -0.374 e. The van der Waals surface area contributed by atoms with Gasteiger partial charge in [0.1, 0.15) is 0 Å². The first-order valence-corrected chi connectivity index (χ1v) is 20.5. The number of nitrogens with zero attached hydrogens (tertiary/aromatic N) is 2. The van der Waals surface area contributed by atoms with E-state index in [4.69, 9.17) is 4.99 Å². The van der Waals surface area contributed by atoms with E-state index in [0.29, 0.717) is 11.8 Å². The van der Waals surface area contributed by atoms with Gasteiger partial charge in [-0.15, -0.1) is 0 Å². The summed E-state index contributed by atoms with van der Waals surface area (Å²) in [6, 6.07) is 0. The van der Waals surface area contributed by atoms with Crippen molar-refractivity contribution in [1.29, 1.82) is 0 Å². The SMILES string of the molecule is CCCCCCCCCCCC(C1=NCCCN1)C(C)C(C)(C)N(CCCCCCCCCC)CCCCCCCCCC. The summed E-state index contributed by atoms with van der Waals surface area (Å²) in [5, 5.41) is 3.78. The van der Waals surface area contributed by atoms with Gasteiger partial charge in [-0.1, -0.05) is 175 Å². The Hall–Kier alpha value is -0.570. The van der Waals surface area contributed by atoms with E-state index in [0.717, 1.165) is 13.1 Å². The van der Waals surface area contributed by atoms with Crippen LogP contribution in [0.2, 0.25) is 0 Å². The maximum Gasteiger partial charge on any atom is 0.0997 e. The van der Waals surface area contributed by atoms with Crippen LogP contribution in [-0.4, -0.2) is 42.5 Å². The molecule has 1 heterocycles. The minimum absolute atomic E-state index is 0.188. The Labute approximate surface area is 279 Å². The molecule has 3 nitrogen and oxygen atoms in total. The minimum atomic E-state index is 0.188. The average Bonchev–Trinajstić information content (AvgIpc) is 3.03. The Balaban J connectivity index is 2.74. The summed E-state index contributed by atoms with van der Waals surface area (Å²) in [4.78, 5) is 8.03. The summed E-state index contributed by atoms with van der Waals surface area (Å²) in [5.74, 6) is 2.51. The van der Waals surface area contributed by atoms with Crippen LogP contribution < -0.4 is 5.32 Å². The van der Waals surface area contributed by atoms with Gasteiger partial charge in [0.05, 0.1) is 5.84 Å². The predicted molar refractivity (Wildman–Crippen MR) is 200 cm³/mol. The van der Waals surface area contributed by atoms with Crippen molar-refractivity contribution in [2.45, 2.75) is 220 Å². The third-order valence-corrected chi connectivity index (χ3v) is 11.0. The summed E-state index contributed by atoms with van der Waals surface area (Å²) < 4.78 is 0. The first kappa shape index (κ1) is 41.5. The van der Waals surface area contributed by atoms with E-state index in [1.807, 2.05) is 0 Å². The third kappa shape index (κ3) is 19.8. The van der Waals surface area contributed by atoms with Gasteiger partial charge in [0.25, 0.3) is 0 Å². The number of unbranched alkanes of at least 4 members (excludes halogenated alkanes) is 22. The Kier molecular flexibility index (Phi) is 27.0. The molecule has 1 aliphatic rings. The highest BCUT2D eigenvalue weighted by molar-refractivity contribution is 5.85. The highest BCUT2D eigenvalue weighted by atomic mass is 15.2. The molecule has 0 aromatic rings. The summed E-state index contributed by atoms with van der Waals surface area (Å²) in [7, 11) is 0. The summed E-state index contributed by atoms with van der Waals surface area (Å²) >= 11 is 0. The topological polar surface area (TPSA) is 27.6 Å². The van der Waals surface area contributed by atoms with Gasteiger partial charge in [-0.05, 0) is 58.5 Å². The fourth-order valence-electron chi connectivity index (χ4n) is 7.44. The quantitative estimate of drug-likeness (QED) is 0.0760. The van der Waals surface area contributed by atoms with E-state index in [1.54, 1.807) is 0 Å². The number of hydrogen-bond acceptors (Lipinski definition) is 3. The molecule has 0 aromatic carbocycles. The highest BCUT2D eigenvalue weighted by Gasteiger charge is 2.38. The maximum absolute atomic E-state index is 5.10. The monoisotopic (exact) mass is 618 g/mol. The van der Waals surface area contributed by atoms with E-state index in [9.17, 15) is 0 Å². The van der Waals surface area contributed by atoms with Crippen LogP contribution in [0.5, 0.6) is 0 Å². The number of amidine groups is 1. The van der Waals surface area contributed by atoms with Gasteiger partial charge in [0.15, 0.2) is 0 Å². The van der Waals surface area contributed by atoms with Crippen LogP contribution >= 0.6 is 0 Å². The van der Waals surface area contributed by atoms with Gasteiger partial charge in [0.2, 0.25) is 0 Å². The summed E-state index contributed by atoms with van der Waals surface area (Å²) in [6.45, 7) is 19.4. The first-order valence-electron chi connectivity index (χ1n) is 20.5. The number of aliphatic imine (C=N–C) groups is 1.